The van der Waals surface area contributed by atoms with Gasteiger partial charge >= 0.3 is 0 Å². The summed E-state index contributed by atoms with van der Waals surface area (Å²) in [6, 6.07) is 25.0. The molecule has 35 heavy (non-hydrogen) atoms. The maximum Gasteiger partial charge on any atom is 0.226 e. The van der Waals surface area contributed by atoms with Crippen molar-refractivity contribution < 1.29 is 18.8 Å². The van der Waals surface area contributed by atoms with E-state index < -0.39 is 0 Å². The molecule has 1 unspecified atom stereocenters. The van der Waals surface area contributed by atoms with Gasteiger partial charge in [0.05, 0.1) is 19.8 Å². The standard InChI is InChI=1S/C28H29N3O4/c1-3-34-24-18-12-21(13-19-24)27(20-8-5-4-6-9-20)29-25(32)10-7-11-26-30-28(31-35-26)22-14-16-23(33-2)17-15-22/h4-6,8-9,12-19,27H,3,7,10-11H2,1-2H3,(H,29,32). The number of hydrogen-bond donors (Lipinski definition) is 1. The first-order chi connectivity index (χ1) is 17.2. The lowest BCUT2D eigenvalue weighted by molar-refractivity contribution is -0.121. The molecular formula is C28H29N3O4. The average Bonchev–Trinajstić information content (AvgIpc) is 3.37. The molecule has 0 spiro atoms. The highest BCUT2D eigenvalue weighted by Crippen LogP contribution is 2.25. The topological polar surface area (TPSA) is 86.5 Å². The smallest absolute Gasteiger partial charge is 0.226 e. The van der Waals surface area contributed by atoms with Crippen molar-refractivity contribution in [2.45, 2.75) is 32.2 Å². The highest BCUT2D eigenvalue weighted by atomic mass is 16.5. The summed E-state index contributed by atoms with van der Waals surface area (Å²) in [6.07, 6.45) is 1.47. The van der Waals surface area contributed by atoms with Crippen molar-refractivity contribution in [1.29, 1.82) is 0 Å². The monoisotopic (exact) mass is 471 g/mol. The van der Waals surface area contributed by atoms with E-state index in [4.69, 9.17) is 14.0 Å². The number of hydrogen-bond acceptors (Lipinski definition) is 6. The van der Waals surface area contributed by atoms with E-state index in [1.807, 2.05) is 85.8 Å². The van der Waals surface area contributed by atoms with Gasteiger partial charge in [0, 0.05) is 18.4 Å². The fourth-order valence-electron chi connectivity index (χ4n) is 3.77. The molecule has 4 rings (SSSR count). The number of aryl methyl sites for hydroxylation is 1. The number of nitrogens with zero attached hydrogens (tertiary/aromatic N) is 2. The van der Waals surface area contributed by atoms with Gasteiger partial charge in [-0.15, -0.1) is 0 Å². The van der Waals surface area contributed by atoms with Gasteiger partial charge in [0.15, 0.2) is 0 Å². The highest BCUT2D eigenvalue weighted by Gasteiger charge is 2.17. The van der Waals surface area contributed by atoms with E-state index in [-0.39, 0.29) is 11.9 Å². The average molecular weight is 472 g/mol. The first kappa shape index (κ1) is 24.0. The fourth-order valence-corrected chi connectivity index (χ4v) is 3.77. The van der Waals surface area contributed by atoms with Crippen LogP contribution in [0.25, 0.3) is 11.4 Å². The molecule has 0 radical (unpaired) electrons. The quantitative estimate of drug-likeness (QED) is 0.316. The van der Waals surface area contributed by atoms with Gasteiger partial charge in [0.25, 0.3) is 0 Å². The first-order valence-corrected chi connectivity index (χ1v) is 11.7. The Morgan fingerprint density at radius 2 is 1.63 bits per heavy atom. The van der Waals surface area contributed by atoms with Gasteiger partial charge < -0.3 is 19.3 Å². The lowest BCUT2D eigenvalue weighted by atomic mass is 9.98. The Labute approximate surface area is 205 Å². The molecule has 4 aromatic rings. The summed E-state index contributed by atoms with van der Waals surface area (Å²) >= 11 is 0. The van der Waals surface area contributed by atoms with Crippen molar-refractivity contribution >= 4 is 5.91 Å². The number of ether oxygens (including phenoxy) is 2. The van der Waals surface area contributed by atoms with Crippen LogP contribution in [0.3, 0.4) is 0 Å². The van der Waals surface area contributed by atoms with Crippen molar-refractivity contribution in [2.75, 3.05) is 13.7 Å². The van der Waals surface area contributed by atoms with Crippen molar-refractivity contribution in [3.05, 3.63) is 95.9 Å². The van der Waals surface area contributed by atoms with Crippen LogP contribution < -0.4 is 14.8 Å². The molecule has 180 valence electrons. The van der Waals surface area contributed by atoms with E-state index in [1.54, 1.807) is 7.11 Å². The minimum Gasteiger partial charge on any atom is -0.497 e. The zero-order valence-corrected chi connectivity index (χ0v) is 19.9. The molecular weight excluding hydrogens is 442 g/mol. The first-order valence-electron chi connectivity index (χ1n) is 11.7. The van der Waals surface area contributed by atoms with Crippen molar-refractivity contribution in [1.82, 2.24) is 15.5 Å². The Morgan fingerprint density at radius 1 is 0.943 bits per heavy atom. The number of nitrogens with one attached hydrogen (secondary N) is 1. The molecule has 0 fully saturated rings. The molecule has 3 aromatic carbocycles. The minimum atomic E-state index is -0.246. The van der Waals surface area contributed by atoms with E-state index in [1.165, 1.54) is 0 Å². The molecule has 0 aliphatic heterocycles. The molecule has 1 N–H and O–H groups in total. The second kappa shape index (κ2) is 11.8. The second-order valence-electron chi connectivity index (χ2n) is 8.01. The number of carbonyl (C=O) groups is 1. The van der Waals surface area contributed by atoms with Crippen LogP contribution >= 0.6 is 0 Å². The van der Waals surface area contributed by atoms with Crippen LogP contribution in [0.1, 0.15) is 42.8 Å². The Morgan fingerprint density at radius 3 is 2.31 bits per heavy atom. The van der Waals surface area contributed by atoms with Crippen LogP contribution in [-0.2, 0) is 11.2 Å². The van der Waals surface area contributed by atoms with E-state index in [2.05, 4.69) is 15.5 Å². The largest absolute Gasteiger partial charge is 0.497 e. The molecule has 7 heteroatoms. The molecule has 0 saturated heterocycles. The van der Waals surface area contributed by atoms with Crippen molar-refractivity contribution in [2.24, 2.45) is 0 Å². The molecule has 0 bridgehead atoms. The van der Waals surface area contributed by atoms with E-state index in [0.717, 1.165) is 28.2 Å². The van der Waals surface area contributed by atoms with Gasteiger partial charge in [-0.1, -0.05) is 47.6 Å². The third-order valence-corrected chi connectivity index (χ3v) is 5.57. The molecule has 1 atom stereocenters. The highest BCUT2D eigenvalue weighted by molar-refractivity contribution is 5.77. The molecule has 1 aromatic heterocycles. The summed E-state index contributed by atoms with van der Waals surface area (Å²) in [4.78, 5) is 17.3. The van der Waals surface area contributed by atoms with Gasteiger partial charge in [0.2, 0.25) is 17.6 Å². The zero-order valence-electron chi connectivity index (χ0n) is 19.9. The molecule has 7 nitrogen and oxygen atoms in total. The molecule has 0 aliphatic carbocycles. The Hall–Kier alpha value is -4.13. The lowest BCUT2D eigenvalue weighted by Gasteiger charge is -2.20. The second-order valence-corrected chi connectivity index (χ2v) is 8.01. The Balaban J connectivity index is 1.35. The molecule has 0 aliphatic rings. The van der Waals surface area contributed by atoms with Crippen LogP contribution in [-0.4, -0.2) is 29.8 Å². The number of benzene rings is 3. The van der Waals surface area contributed by atoms with Gasteiger partial charge in [-0.3, -0.25) is 4.79 Å². The van der Waals surface area contributed by atoms with Crippen LogP contribution in [0.4, 0.5) is 0 Å². The maximum atomic E-state index is 12.8. The van der Waals surface area contributed by atoms with Crippen LogP contribution in [0.5, 0.6) is 11.5 Å². The summed E-state index contributed by atoms with van der Waals surface area (Å²) in [6.45, 7) is 2.56. The van der Waals surface area contributed by atoms with Gasteiger partial charge in [-0.05, 0) is 60.9 Å². The predicted molar refractivity (Wildman–Crippen MR) is 133 cm³/mol. The van der Waals surface area contributed by atoms with Crippen LogP contribution in [0, 0.1) is 0 Å². The SMILES string of the molecule is CCOc1ccc(C(NC(=O)CCCc2nc(-c3ccc(OC)cc3)no2)c2ccccc2)cc1. The normalized spacial score (nSPS) is 11.6. The number of methoxy groups -OCH3 is 1. The summed E-state index contributed by atoms with van der Waals surface area (Å²) in [5.74, 6) is 2.56. The van der Waals surface area contributed by atoms with Crippen molar-refractivity contribution in [3.63, 3.8) is 0 Å². The van der Waals surface area contributed by atoms with E-state index >= 15 is 0 Å². The number of aromatic nitrogens is 2. The Kier molecular flexibility index (Phi) is 8.12. The molecule has 0 saturated carbocycles. The third kappa shape index (κ3) is 6.47. The summed E-state index contributed by atoms with van der Waals surface area (Å²) < 4.78 is 16.1. The van der Waals surface area contributed by atoms with E-state index in [9.17, 15) is 4.79 Å². The van der Waals surface area contributed by atoms with E-state index in [0.29, 0.717) is 37.6 Å². The minimum absolute atomic E-state index is 0.0392. The summed E-state index contributed by atoms with van der Waals surface area (Å²) in [5.41, 5.74) is 2.86. The fraction of sp³-hybridized carbons (Fsp3) is 0.250. The molecule has 1 amide bonds. The number of carbonyl (C=O) groups excluding carboxylic acids is 1. The lowest BCUT2D eigenvalue weighted by Crippen LogP contribution is -2.29. The van der Waals surface area contributed by atoms with Gasteiger partial charge in [-0.2, -0.15) is 4.98 Å². The van der Waals surface area contributed by atoms with Crippen LogP contribution in [0.15, 0.2) is 83.4 Å². The van der Waals surface area contributed by atoms with Gasteiger partial charge in [0.1, 0.15) is 11.5 Å². The summed E-state index contributed by atoms with van der Waals surface area (Å²) in [5, 5.41) is 7.22. The molecule has 1 heterocycles. The van der Waals surface area contributed by atoms with Crippen LogP contribution in [0.2, 0.25) is 0 Å². The zero-order chi connectivity index (χ0) is 24.5. The predicted octanol–water partition coefficient (Wildman–Crippen LogP) is 5.37. The number of rotatable bonds is 11. The van der Waals surface area contributed by atoms with Gasteiger partial charge in [-0.25, -0.2) is 0 Å². The third-order valence-electron chi connectivity index (χ3n) is 5.57. The summed E-state index contributed by atoms with van der Waals surface area (Å²) in [7, 11) is 1.62. The number of amides is 1. The maximum absolute atomic E-state index is 12.8. The van der Waals surface area contributed by atoms with Crippen molar-refractivity contribution in [3.8, 4) is 22.9 Å². The Bertz CT molecular complexity index is 1210.